The fourth-order valence-electron chi connectivity index (χ4n) is 3.87. The van der Waals surface area contributed by atoms with Crippen LogP contribution < -0.4 is 4.74 Å². The lowest BCUT2D eigenvalue weighted by atomic mass is 9.80. The molecule has 0 aliphatic carbocycles. The lowest BCUT2D eigenvalue weighted by Crippen LogP contribution is -2.41. The van der Waals surface area contributed by atoms with E-state index in [1.807, 2.05) is 12.1 Å². The van der Waals surface area contributed by atoms with Crippen LogP contribution in [0.2, 0.25) is 0 Å². The molecule has 2 heterocycles. The van der Waals surface area contributed by atoms with Gasteiger partial charge in [0.15, 0.2) is 0 Å². The maximum absolute atomic E-state index is 7.02. The molecular weight excluding hydrogens is 336 g/mol. The van der Waals surface area contributed by atoms with Crippen molar-refractivity contribution in [3.8, 4) is 5.75 Å². The maximum Gasteiger partial charge on any atom is 0.118 e. The SMILES string of the molecule is COc1ccc([C@@H]2OC[C@]3(Cl)C[C@@H](c4ccc(C)cc4)OC[C@H]23)cc1. The van der Waals surface area contributed by atoms with E-state index in [1.54, 1.807) is 7.11 Å². The summed E-state index contributed by atoms with van der Waals surface area (Å²) in [6.45, 7) is 3.26. The molecule has 3 nitrogen and oxygen atoms in total. The number of methoxy groups -OCH3 is 1. The Bertz CT molecular complexity index is 728. The van der Waals surface area contributed by atoms with Gasteiger partial charge in [0.2, 0.25) is 0 Å². The summed E-state index contributed by atoms with van der Waals surface area (Å²) in [5.41, 5.74) is 3.57. The number of rotatable bonds is 3. The van der Waals surface area contributed by atoms with Gasteiger partial charge in [-0.05, 0) is 36.6 Å². The zero-order valence-corrected chi connectivity index (χ0v) is 15.3. The van der Waals surface area contributed by atoms with Gasteiger partial charge in [-0.2, -0.15) is 0 Å². The lowest BCUT2D eigenvalue weighted by Gasteiger charge is -2.39. The number of benzene rings is 2. The third-order valence-electron chi connectivity index (χ3n) is 5.43. The minimum absolute atomic E-state index is 0.0256. The highest BCUT2D eigenvalue weighted by molar-refractivity contribution is 6.24. The summed E-state index contributed by atoms with van der Waals surface area (Å²) < 4.78 is 17.5. The van der Waals surface area contributed by atoms with Gasteiger partial charge < -0.3 is 14.2 Å². The average molecular weight is 359 g/mol. The molecule has 2 fully saturated rings. The molecule has 0 unspecified atom stereocenters. The summed E-state index contributed by atoms with van der Waals surface area (Å²) in [5, 5.41) is 0. The van der Waals surface area contributed by atoms with Crippen molar-refractivity contribution in [2.45, 2.75) is 30.4 Å². The highest BCUT2D eigenvalue weighted by Gasteiger charge is 2.53. The largest absolute Gasteiger partial charge is 0.497 e. The van der Waals surface area contributed by atoms with Crippen molar-refractivity contribution < 1.29 is 14.2 Å². The molecule has 0 spiro atoms. The van der Waals surface area contributed by atoms with E-state index in [4.69, 9.17) is 25.8 Å². The zero-order chi connectivity index (χ0) is 17.4. The summed E-state index contributed by atoms with van der Waals surface area (Å²) in [6.07, 6.45) is 0.782. The molecule has 0 N–H and O–H groups in total. The first-order chi connectivity index (χ1) is 12.1. The van der Waals surface area contributed by atoms with Gasteiger partial charge in [0.1, 0.15) is 5.75 Å². The fraction of sp³-hybridized carbons (Fsp3) is 0.429. The average Bonchev–Trinajstić information content (AvgIpc) is 2.99. The Morgan fingerprint density at radius 2 is 1.68 bits per heavy atom. The van der Waals surface area contributed by atoms with Gasteiger partial charge in [0, 0.05) is 5.92 Å². The van der Waals surface area contributed by atoms with Crippen LogP contribution in [0, 0.1) is 12.8 Å². The second-order valence-corrected chi connectivity index (χ2v) is 7.84. The Hall–Kier alpha value is -1.55. The van der Waals surface area contributed by atoms with Crippen LogP contribution in [0.1, 0.15) is 35.3 Å². The minimum Gasteiger partial charge on any atom is -0.497 e. The Labute approximate surface area is 153 Å². The predicted molar refractivity (Wildman–Crippen MR) is 98.3 cm³/mol. The number of alkyl halides is 1. The van der Waals surface area contributed by atoms with Crippen molar-refractivity contribution in [2.75, 3.05) is 20.3 Å². The fourth-order valence-corrected chi connectivity index (χ4v) is 4.25. The first-order valence-electron chi connectivity index (χ1n) is 8.72. The van der Waals surface area contributed by atoms with Crippen LogP contribution in [0.15, 0.2) is 48.5 Å². The molecule has 2 aromatic rings. The van der Waals surface area contributed by atoms with Crippen LogP contribution in [0.3, 0.4) is 0 Å². The van der Waals surface area contributed by atoms with E-state index in [2.05, 4.69) is 43.3 Å². The van der Waals surface area contributed by atoms with E-state index in [9.17, 15) is 0 Å². The Morgan fingerprint density at radius 3 is 2.36 bits per heavy atom. The first-order valence-corrected chi connectivity index (χ1v) is 9.09. The molecule has 25 heavy (non-hydrogen) atoms. The van der Waals surface area contributed by atoms with Crippen LogP contribution in [-0.2, 0) is 9.47 Å². The summed E-state index contributed by atoms with van der Waals surface area (Å²) in [6, 6.07) is 16.6. The molecule has 0 saturated carbocycles. The van der Waals surface area contributed by atoms with Crippen LogP contribution in [0.4, 0.5) is 0 Å². The number of aryl methyl sites for hydroxylation is 1. The third-order valence-corrected chi connectivity index (χ3v) is 5.97. The van der Waals surface area contributed by atoms with Crippen molar-refractivity contribution in [3.05, 3.63) is 65.2 Å². The second kappa shape index (κ2) is 6.64. The molecule has 132 valence electrons. The summed E-state index contributed by atoms with van der Waals surface area (Å²) in [7, 11) is 1.67. The Kier molecular flexibility index (Phi) is 4.48. The molecule has 0 aromatic heterocycles. The molecule has 0 amide bonds. The van der Waals surface area contributed by atoms with Crippen molar-refractivity contribution in [1.82, 2.24) is 0 Å². The van der Waals surface area contributed by atoms with Gasteiger partial charge in [-0.25, -0.2) is 0 Å². The zero-order valence-electron chi connectivity index (χ0n) is 14.6. The minimum atomic E-state index is -0.377. The Balaban J connectivity index is 1.52. The highest BCUT2D eigenvalue weighted by Crippen LogP contribution is 2.52. The van der Waals surface area contributed by atoms with Crippen LogP contribution in [-0.4, -0.2) is 25.2 Å². The molecule has 2 aliphatic rings. The van der Waals surface area contributed by atoms with Crippen LogP contribution >= 0.6 is 11.6 Å². The molecule has 4 atom stereocenters. The number of hydrogen-bond acceptors (Lipinski definition) is 3. The number of fused-ring (bicyclic) bond motifs is 1. The van der Waals surface area contributed by atoms with Gasteiger partial charge in [-0.15, -0.1) is 11.6 Å². The van der Waals surface area contributed by atoms with Crippen molar-refractivity contribution in [2.24, 2.45) is 5.92 Å². The number of halogens is 1. The van der Waals surface area contributed by atoms with Gasteiger partial charge in [0.05, 0.1) is 37.4 Å². The monoisotopic (exact) mass is 358 g/mol. The molecule has 2 aliphatic heterocycles. The molecule has 2 saturated heterocycles. The van der Waals surface area contributed by atoms with Crippen molar-refractivity contribution >= 4 is 11.6 Å². The van der Waals surface area contributed by atoms with Crippen molar-refractivity contribution in [1.29, 1.82) is 0 Å². The molecular formula is C21H23ClO3. The highest BCUT2D eigenvalue weighted by atomic mass is 35.5. The smallest absolute Gasteiger partial charge is 0.118 e. The summed E-state index contributed by atoms with van der Waals surface area (Å²) >= 11 is 7.02. The number of hydrogen-bond donors (Lipinski definition) is 0. The maximum atomic E-state index is 7.02. The van der Waals surface area contributed by atoms with Gasteiger partial charge in [-0.1, -0.05) is 42.0 Å². The summed E-state index contributed by atoms with van der Waals surface area (Å²) in [5.74, 6) is 1.00. The van der Waals surface area contributed by atoms with E-state index in [1.165, 1.54) is 11.1 Å². The molecule has 0 radical (unpaired) electrons. The standard InChI is InChI=1S/C21H23ClO3/c1-14-3-5-15(6-4-14)19-11-21(22)13-25-20(18(21)12-24-19)16-7-9-17(23-2)10-8-16/h3-10,18-20H,11-13H2,1-2H3/t18-,19+,20+,21-/m1/s1. The van der Waals surface area contributed by atoms with Crippen LogP contribution in [0.25, 0.3) is 0 Å². The van der Waals surface area contributed by atoms with Crippen LogP contribution in [0.5, 0.6) is 5.75 Å². The van der Waals surface area contributed by atoms with E-state index < -0.39 is 0 Å². The normalized spacial score (nSPS) is 31.6. The number of ether oxygens (including phenoxy) is 3. The molecule has 2 aromatic carbocycles. The first kappa shape index (κ1) is 16.9. The third kappa shape index (κ3) is 3.17. The second-order valence-electron chi connectivity index (χ2n) is 7.08. The molecule has 0 bridgehead atoms. The quantitative estimate of drug-likeness (QED) is 0.735. The van der Waals surface area contributed by atoms with E-state index in [0.29, 0.717) is 13.2 Å². The Morgan fingerprint density at radius 1 is 1.00 bits per heavy atom. The predicted octanol–water partition coefficient (Wildman–Crippen LogP) is 4.83. The van der Waals surface area contributed by atoms with Gasteiger partial charge in [0.25, 0.3) is 0 Å². The molecule has 4 heteroatoms. The van der Waals surface area contributed by atoms with Gasteiger partial charge >= 0.3 is 0 Å². The summed E-state index contributed by atoms with van der Waals surface area (Å²) in [4.78, 5) is -0.377. The van der Waals surface area contributed by atoms with E-state index >= 15 is 0 Å². The van der Waals surface area contributed by atoms with E-state index in [-0.39, 0.29) is 23.0 Å². The van der Waals surface area contributed by atoms with E-state index in [0.717, 1.165) is 17.7 Å². The lowest BCUT2D eigenvalue weighted by molar-refractivity contribution is -0.0380. The van der Waals surface area contributed by atoms with Crippen molar-refractivity contribution in [3.63, 3.8) is 0 Å². The van der Waals surface area contributed by atoms with Gasteiger partial charge in [-0.3, -0.25) is 0 Å². The molecule has 4 rings (SSSR count). The topological polar surface area (TPSA) is 27.7 Å².